The standard InChI is InChI=1S/C14H20O2/c1-12(10-11-15)6-5-8-13-7-3-4-9-14(13)16-2/h3-4,6-7,9,15H,5,8,10-11H2,1-2H3/b12-6+. The van der Waals surface area contributed by atoms with Gasteiger partial charge in [-0.1, -0.05) is 29.8 Å². The maximum atomic E-state index is 8.77. The Balaban J connectivity index is 2.51. The van der Waals surface area contributed by atoms with Crippen molar-refractivity contribution in [2.75, 3.05) is 13.7 Å². The molecule has 1 N–H and O–H groups in total. The van der Waals surface area contributed by atoms with E-state index in [1.807, 2.05) is 18.2 Å². The Morgan fingerprint density at radius 3 is 2.81 bits per heavy atom. The molecule has 1 rings (SSSR count). The minimum atomic E-state index is 0.233. The summed E-state index contributed by atoms with van der Waals surface area (Å²) in [6.45, 7) is 2.29. The summed E-state index contributed by atoms with van der Waals surface area (Å²) in [5.41, 5.74) is 2.48. The Bertz CT molecular complexity index is 342. The van der Waals surface area contributed by atoms with Crippen molar-refractivity contribution < 1.29 is 9.84 Å². The number of para-hydroxylation sites is 1. The molecule has 0 aliphatic carbocycles. The monoisotopic (exact) mass is 220 g/mol. The summed E-state index contributed by atoms with van der Waals surface area (Å²) in [7, 11) is 1.70. The van der Waals surface area contributed by atoms with Crippen molar-refractivity contribution >= 4 is 0 Å². The highest BCUT2D eigenvalue weighted by atomic mass is 16.5. The summed E-state index contributed by atoms with van der Waals surface area (Å²) in [5.74, 6) is 0.954. The molecule has 0 unspecified atom stereocenters. The molecule has 0 radical (unpaired) electrons. The van der Waals surface area contributed by atoms with Gasteiger partial charge in [-0.15, -0.1) is 0 Å². The molecule has 1 aromatic carbocycles. The third-order valence-corrected chi connectivity index (χ3v) is 2.61. The van der Waals surface area contributed by atoms with Crippen LogP contribution in [0.2, 0.25) is 0 Å². The van der Waals surface area contributed by atoms with Gasteiger partial charge in [0, 0.05) is 6.61 Å². The SMILES string of the molecule is COc1ccccc1CC/C=C(\C)CCO. The number of allylic oxidation sites excluding steroid dienone is 1. The largest absolute Gasteiger partial charge is 0.496 e. The van der Waals surface area contributed by atoms with Gasteiger partial charge in [0.15, 0.2) is 0 Å². The number of rotatable bonds is 6. The van der Waals surface area contributed by atoms with Crippen molar-refractivity contribution in [2.45, 2.75) is 26.2 Å². The number of ether oxygens (including phenoxy) is 1. The second kappa shape index (κ2) is 7.07. The van der Waals surface area contributed by atoms with Gasteiger partial charge in [0.05, 0.1) is 7.11 Å². The van der Waals surface area contributed by atoms with Crippen LogP contribution in [0.4, 0.5) is 0 Å². The van der Waals surface area contributed by atoms with E-state index in [0.29, 0.717) is 0 Å². The van der Waals surface area contributed by atoms with E-state index in [2.05, 4.69) is 19.1 Å². The van der Waals surface area contributed by atoms with Crippen LogP contribution < -0.4 is 4.74 Å². The number of hydrogen-bond donors (Lipinski definition) is 1. The summed E-state index contributed by atoms with van der Waals surface area (Å²) in [5, 5.41) is 8.77. The molecular weight excluding hydrogens is 200 g/mol. The number of aliphatic hydroxyl groups is 1. The molecule has 0 amide bonds. The topological polar surface area (TPSA) is 29.5 Å². The Kier molecular flexibility index (Phi) is 5.65. The van der Waals surface area contributed by atoms with Gasteiger partial charge < -0.3 is 9.84 Å². The zero-order chi connectivity index (χ0) is 11.8. The van der Waals surface area contributed by atoms with Crippen LogP contribution in [0.3, 0.4) is 0 Å². The normalized spacial score (nSPS) is 11.6. The lowest BCUT2D eigenvalue weighted by Gasteiger charge is -2.06. The average molecular weight is 220 g/mol. The first-order valence-corrected chi connectivity index (χ1v) is 5.66. The third kappa shape index (κ3) is 4.07. The van der Waals surface area contributed by atoms with E-state index in [1.54, 1.807) is 7.11 Å². The Hall–Kier alpha value is -1.28. The fraction of sp³-hybridized carbons (Fsp3) is 0.429. The van der Waals surface area contributed by atoms with Crippen LogP contribution in [-0.4, -0.2) is 18.8 Å². The Morgan fingerprint density at radius 2 is 2.12 bits per heavy atom. The Labute approximate surface area is 97.6 Å². The molecule has 0 heterocycles. The van der Waals surface area contributed by atoms with Crippen molar-refractivity contribution in [1.82, 2.24) is 0 Å². The summed E-state index contributed by atoms with van der Waals surface area (Å²) >= 11 is 0. The van der Waals surface area contributed by atoms with E-state index >= 15 is 0 Å². The molecule has 0 fully saturated rings. The fourth-order valence-electron chi connectivity index (χ4n) is 1.66. The molecule has 0 saturated carbocycles. The number of benzene rings is 1. The average Bonchev–Trinajstić information content (AvgIpc) is 2.30. The second-order valence-electron chi connectivity index (χ2n) is 3.87. The van der Waals surface area contributed by atoms with E-state index in [0.717, 1.165) is 25.0 Å². The van der Waals surface area contributed by atoms with Crippen LogP contribution in [0.25, 0.3) is 0 Å². The van der Waals surface area contributed by atoms with E-state index in [1.165, 1.54) is 11.1 Å². The molecule has 0 bridgehead atoms. The molecule has 0 spiro atoms. The third-order valence-electron chi connectivity index (χ3n) is 2.61. The van der Waals surface area contributed by atoms with Crippen LogP contribution in [-0.2, 0) is 6.42 Å². The molecule has 0 aliphatic rings. The van der Waals surface area contributed by atoms with Crippen molar-refractivity contribution in [1.29, 1.82) is 0 Å². The van der Waals surface area contributed by atoms with Crippen LogP contribution in [0, 0.1) is 0 Å². The van der Waals surface area contributed by atoms with Crippen LogP contribution in [0.15, 0.2) is 35.9 Å². The van der Waals surface area contributed by atoms with Gasteiger partial charge in [-0.25, -0.2) is 0 Å². The van der Waals surface area contributed by atoms with Crippen LogP contribution >= 0.6 is 0 Å². The molecule has 0 aromatic heterocycles. The molecule has 2 nitrogen and oxygen atoms in total. The first-order chi connectivity index (χ1) is 7.77. The van der Waals surface area contributed by atoms with Gasteiger partial charge in [0.1, 0.15) is 5.75 Å². The predicted octanol–water partition coefficient (Wildman–Crippen LogP) is 2.96. The zero-order valence-corrected chi connectivity index (χ0v) is 10.1. The number of aliphatic hydroxyl groups excluding tert-OH is 1. The molecule has 2 heteroatoms. The van der Waals surface area contributed by atoms with E-state index in [9.17, 15) is 0 Å². The predicted molar refractivity (Wildman–Crippen MR) is 66.8 cm³/mol. The van der Waals surface area contributed by atoms with Gasteiger partial charge >= 0.3 is 0 Å². The maximum absolute atomic E-state index is 8.77. The Morgan fingerprint density at radius 1 is 1.38 bits per heavy atom. The molecule has 1 aromatic rings. The second-order valence-corrected chi connectivity index (χ2v) is 3.87. The van der Waals surface area contributed by atoms with Crippen molar-refractivity contribution in [3.8, 4) is 5.75 Å². The van der Waals surface area contributed by atoms with E-state index < -0.39 is 0 Å². The maximum Gasteiger partial charge on any atom is 0.122 e. The minimum Gasteiger partial charge on any atom is -0.496 e. The lowest BCUT2D eigenvalue weighted by molar-refractivity contribution is 0.299. The molecular formula is C14H20O2. The molecule has 16 heavy (non-hydrogen) atoms. The van der Waals surface area contributed by atoms with Crippen LogP contribution in [0.1, 0.15) is 25.3 Å². The molecule has 0 aliphatic heterocycles. The number of aryl methyl sites for hydroxylation is 1. The first-order valence-electron chi connectivity index (χ1n) is 5.66. The van der Waals surface area contributed by atoms with Crippen molar-refractivity contribution in [3.05, 3.63) is 41.5 Å². The van der Waals surface area contributed by atoms with Gasteiger partial charge in [-0.05, 0) is 37.8 Å². The summed E-state index contributed by atoms with van der Waals surface area (Å²) < 4.78 is 5.29. The van der Waals surface area contributed by atoms with Crippen LogP contribution in [0.5, 0.6) is 5.75 Å². The smallest absolute Gasteiger partial charge is 0.122 e. The fourth-order valence-corrected chi connectivity index (χ4v) is 1.66. The summed E-state index contributed by atoms with van der Waals surface area (Å²) in [6, 6.07) is 8.09. The lowest BCUT2D eigenvalue weighted by Crippen LogP contribution is -1.91. The highest BCUT2D eigenvalue weighted by molar-refractivity contribution is 5.33. The van der Waals surface area contributed by atoms with E-state index in [4.69, 9.17) is 9.84 Å². The van der Waals surface area contributed by atoms with Gasteiger partial charge in [-0.3, -0.25) is 0 Å². The van der Waals surface area contributed by atoms with Gasteiger partial charge in [0.2, 0.25) is 0 Å². The highest BCUT2D eigenvalue weighted by Crippen LogP contribution is 2.19. The molecule has 0 atom stereocenters. The first kappa shape index (κ1) is 12.8. The number of methoxy groups -OCH3 is 1. The number of hydrogen-bond acceptors (Lipinski definition) is 2. The zero-order valence-electron chi connectivity index (χ0n) is 10.1. The van der Waals surface area contributed by atoms with Gasteiger partial charge in [-0.2, -0.15) is 0 Å². The lowest BCUT2D eigenvalue weighted by atomic mass is 10.1. The minimum absolute atomic E-state index is 0.233. The van der Waals surface area contributed by atoms with E-state index in [-0.39, 0.29) is 6.61 Å². The van der Waals surface area contributed by atoms with Gasteiger partial charge in [0.25, 0.3) is 0 Å². The van der Waals surface area contributed by atoms with Crippen molar-refractivity contribution in [3.63, 3.8) is 0 Å². The summed E-state index contributed by atoms with van der Waals surface area (Å²) in [4.78, 5) is 0. The highest BCUT2D eigenvalue weighted by Gasteiger charge is 1.99. The van der Waals surface area contributed by atoms with Crippen molar-refractivity contribution in [2.24, 2.45) is 0 Å². The molecule has 88 valence electrons. The molecule has 0 saturated heterocycles. The summed E-state index contributed by atoms with van der Waals surface area (Å²) in [6.07, 6.45) is 4.92. The quantitative estimate of drug-likeness (QED) is 0.747.